The summed E-state index contributed by atoms with van der Waals surface area (Å²) < 4.78 is 0. The summed E-state index contributed by atoms with van der Waals surface area (Å²) in [6.07, 6.45) is 0. The number of hydrogen-bond donors (Lipinski definition) is 0. The number of carbonyl (C=O) groups excluding carboxylic acids is 2. The predicted octanol–water partition coefficient (Wildman–Crippen LogP) is 0.920. The van der Waals surface area contributed by atoms with Crippen molar-refractivity contribution < 1.29 is 9.59 Å². The number of fused-ring (bicyclic) bond motifs is 1. The Balaban J connectivity index is 1.58. The van der Waals surface area contributed by atoms with Crippen molar-refractivity contribution in [3.8, 4) is 0 Å². The number of amides is 2. The summed E-state index contributed by atoms with van der Waals surface area (Å²) in [6, 6.07) is 7.07. The fraction of sp³-hybridized carbons (Fsp3) is 0.500. The number of imide groups is 1. The summed E-state index contributed by atoms with van der Waals surface area (Å²) in [7, 11) is 0. The average molecular weight is 287 g/mol. The van der Waals surface area contributed by atoms with E-state index in [1.54, 1.807) is 24.3 Å². The largest absolute Gasteiger partial charge is 0.301 e. The Bertz CT molecular complexity index is 515. The second kappa shape index (κ2) is 5.95. The number of carbonyl (C=O) groups is 2. The predicted molar refractivity (Wildman–Crippen MR) is 80.4 cm³/mol. The van der Waals surface area contributed by atoms with Crippen molar-refractivity contribution in [2.45, 2.75) is 6.92 Å². The molecule has 5 nitrogen and oxygen atoms in total. The first-order valence-electron chi connectivity index (χ1n) is 7.60. The Hall–Kier alpha value is -1.72. The van der Waals surface area contributed by atoms with E-state index in [1.807, 2.05) is 0 Å². The monoisotopic (exact) mass is 287 g/mol. The van der Waals surface area contributed by atoms with Crippen LogP contribution in [0, 0.1) is 0 Å². The number of piperazine rings is 1. The third-order valence-corrected chi connectivity index (χ3v) is 4.43. The number of nitrogens with zero attached hydrogens (tertiary/aromatic N) is 3. The van der Waals surface area contributed by atoms with Gasteiger partial charge in [0, 0.05) is 39.3 Å². The van der Waals surface area contributed by atoms with E-state index >= 15 is 0 Å². The van der Waals surface area contributed by atoms with Crippen LogP contribution in [0.4, 0.5) is 0 Å². The van der Waals surface area contributed by atoms with Gasteiger partial charge in [-0.05, 0) is 18.7 Å². The smallest absolute Gasteiger partial charge is 0.261 e. The lowest BCUT2D eigenvalue weighted by atomic mass is 10.1. The zero-order chi connectivity index (χ0) is 14.8. The summed E-state index contributed by atoms with van der Waals surface area (Å²) in [5, 5.41) is 0. The number of likely N-dealkylation sites (N-methyl/N-ethyl adjacent to an activating group) is 1. The highest BCUT2D eigenvalue weighted by Gasteiger charge is 2.35. The van der Waals surface area contributed by atoms with Crippen LogP contribution < -0.4 is 0 Å². The molecule has 0 aromatic heterocycles. The highest BCUT2D eigenvalue weighted by molar-refractivity contribution is 6.21. The first kappa shape index (κ1) is 14.2. The van der Waals surface area contributed by atoms with Crippen LogP contribution in [-0.4, -0.2) is 72.3 Å². The van der Waals surface area contributed by atoms with Crippen molar-refractivity contribution in [3.63, 3.8) is 0 Å². The fourth-order valence-electron chi connectivity index (χ4n) is 3.01. The van der Waals surface area contributed by atoms with E-state index in [4.69, 9.17) is 0 Å². The maximum Gasteiger partial charge on any atom is 0.261 e. The van der Waals surface area contributed by atoms with E-state index < -0.39 is 0 Å². The maximum atomic E-state index is 12.3. The molecule has 0 unspecified atom stereocenters. The second-order valence-corrected chi connectivity index (χ2v) is 5.58. The molecule has 0 radical (unpaired) electrons. The van der Waals surface area contributed by atoms with Gasteiger partial charge in [0.2, 0.25) is 0 Å². The summed E-state index contributed by atoms with van der Waals surface area (Å²) in [5.41, 5.74) is 1.08. The SMILES string of the molecule is CCN1CCN(CCN2C(=O)c3ccccc3C2=O)CC1. The zero-order valence-corrected chi connectivity index (χ0v) is 12.4. The molecule has 21 heavy (non-hydrogen) atoms. The Labute approximate surface area is 125 Å². The van der Waals surface area contributed by atoms with Crippen molar-refractivity contribution in [3.05, 3.63) is 35.4 Å². The maximum absolute atomic E-state index is 12.3. The van der Waals surface area contributed by atoms with Gasteiger partial charge in [0.15, 0.2) is 0 Å². The lowest BCUT2D eigenvalue weighted by Crippen LogP contribution is -2.48. The van der Waals surface area contributed by atoms with Crippen LogP contribution in [0.2, 0.25) is 0 Å². The Morgan fingerprint density at radius 1 is 0.857 bits per heavy atom. The van der Waals surface area contributed by atoms with Crippen molar-refractivity contribution in [1.29, 1.82) is 0 Å². The van der Waals surface area contributed by atoms with E-state index in [9.17, 15) is 9.59 Å². The molecule has 0 N–H and O–H groups in total. The van der Waals surface area contributed by atoms with Gasteiger partial charge in [0.05, 0.1) is 11.1 Å². The third-order valence-electron chi connectivity index (χ3n) is 4.43. The molecule has 0 bridgehead atoms. The average Bonchev–Trinajstić information content (AvgIpc) is 2.78. The summed E-state index contributed by atoms with van der Waals surface area (Å²) >= 11 is 0. The molecule has 0 saturated carbocycles. The van der Waals surface area contributed by atoms with Crippen molar-refractivity contribution in [1.82, 2.24) is 14.7 Å². The van der Waals surface area contributed by atoms with Gasteiger partial charge in [-0.2, -0.15) is 0 Å². The molecule has 2 amide bonds. The molecular formula is C16H21N3O2. The highest BCUT2D eigenvalue weighted by Crippen LogP contribution is 2.22. The Morgan fingerprint density at radius 3 is 1.90 bits per heavy atom. The normalized spacial score (nSPS) is 20.1. The van der Waals surface area contributed by atoms with E-state index in [2.05, 4.69) is 16.7 Å². The van der Waals surface area contributed by atoms with Crippen LogP contribution in [0.15, 0.2) is 24.3 Å². The van der Waals surface area contributed by atoms with Crippen molar-refractivity contribution in [2.24, 2.45) is 0 Å². The van der Waals surface area contributed by atoms with Gasteiger partial charge in [0.25, 0.3) is 11.8 Å². The van der Waals surface area contributed by atoms with E-state index in [0.29, 0.717) is 17.7 Å². The summed E-state index contributed by atoms with van der Waals surface area (Å²) in [6.45, 7) is 8.67. The van der Waals surface area contributed by atoms with Gasteiger partial charge in [0.1, 0.15) is 0 Å². The molecule has 0 aliphatic carbocycles. The Kier molecular flexibility index (Phi) is 4.03. The summed E-state index contributed by atoms with van der Waals surface area (Å²) in [4.78, 5) is 30.6. The van der Waals surface area contributed by atoms with E-state index in [-0.39, 0.29) is 11.8 Å². The number of hydrogen-bond acceptors (Lipinski definition) is 4. The van der Waals surface area contributed by atoms with Gasteiger partial charge in [-0.15, -0.1) is 0 Å². The molecule has 2 aliphatic rings. The van der Waals surface area contributed by atoms with Gasteiger partial charge >= 0.3 is 0 Å². The van der Waals surface area contributed by atoms with E-state index in [0.717, 1.165) is 39.3 Å². The first-order chi connectivity index (χ1) is 10.2. The second-order valence-electron chi connectivity index (χ2n) is 5.58. The first-order valence-corrected chi connectivity index (χ1v) is 7.60. The highest BCUT2D eigenvalue weighted by atomic mass is 16.2. The Morgan fingerprint density at radius 2 is 1.38 bits per heavy atom. The molecule has 1 saturated heterocycles. The van der Waals surface area contributed by atoms with Crippen LogP contribution in [-0.2, 0) is 0 Å². The molecular weight excluding hydrogens is 266 g/mol. The number of rotatable bonds is 4. The topological polar surface area (TPSA) is 43.9 Å². The third kappa shape index (κ3) is 2.71. The quantitative estimate of drug-likeness (QED) is 0.773. The molecule has 1 aromatic rings. The fourth-order valence-corrected chi connectivity index (χ4v) is 3.01. The minimum absolute atomic E-state index is 0.150. The van der Waals surface area contributed by atoms with Crippen LogP contribution in [0.25, 0.3) is 0 Å². The molecule has 1 aromatic carbocycles. The molecule has 1 fully saturated rings. The van der Waals surface area contributed by atoms with Crippen LogP contribution >= 0.6 is 0 Å². The lowest BCUT2D eigenvalue weighted by molar-refractivity contribution is 0.0616. The van der Waals surface area contributed by atoms with Gasteiger partial charge in [-0.25, -0.2) is 0 Å². The lowest BCUT2D eigenvalue weighted by Gasteiger charge is -2.34. The standard InChI is InChI=1S/C16H21N3O2/c1-2-17-7-9-18(10-8-17)11-12-19-15(20)13-5-3-4-6-14(13)16(19)21/h3-6H,2,7-12H2,1H3. The van der Waals surface area contributed by atoms with Gasteiger partial charge in [-0.1, -0.05) is 19.1 Å². The molecule has 112 valence electrons. The van der Waals surface area contributed by atoms with Gasteiger partial charge in [-0.3, -0.25) is 19.4 Å². The number of benzene rings is 1. The van der Waals surface area contributed by atoms with E-state index in [1.165, 1.54) is 4.90 Å². The van der Waals surface area contributed by atoms with Crippen molar-refractivity contribution in [2.75, 3.05) is 45.8 Å². The van der Waals surface area contributed by atoms with Crippen LogP contribution in [0.5, 0.6) is 0 Å². The molecule has 2 aliphatic heterocycles. The van der Waals surface area contributed by atoms with Crippen LogP contribution in [0.1, 0.15) is 27.6 Å². The molecule has 3 rings (SSSR count). The van der Waals surface area contributed by atoms with Gasteiger partial charge < -0.3 is 4.90 Å². The molecule has 0 atom stereocenters. The van der Waals surface area contributed by atoms with Crippen molar-refractivity contribution >= 4 is 11.8 Å². The molecule has 2 heterocycles. The summed E-state index contributed by atoms with van der Waals surface area (Å²) in [5.74, 6) is -0.300. The van der Waals surface area contributed by atoms with Crippen LogP contribution in [0.3, 0.4) is 0 Å². The zero-order valence-electron chi connectivity index (χ0n) is 12.4. The minimum Gasteiger partial charge on any atom is -0.301 e. The minimum atomic E-state index is -0.150. The molecule has 5 heteroatoms. The molecule has 0 spiro atoms.